The molecule has 0 heterocycles. The third kappa shape index (κ3) is 46.3. The smallest absolute Gasteiger partial charge is 0.0442 e. The second kappa shape index (κ2) is 33.6. The van der Waals surface area contributed by atoms with Gasteiger partial charge in [0.25, 0.3) is 0 Å². The van der Waals surface area contributed by atoms with E-state index in [-0.39, 0.29) is 66.0 Å². The molecule has 0 N–H and O–H groups in total. The van der Waals surface area contributed by atoms with Crippen LogP contribution in [0.2, 0.25) is 51.4 Å². The fourth-order valence-corrected chi connectivity index (χ4v) is 7.47. The van der Waals surface area contributed by atoms with Gasteiger partial charge in [-0.15, -0.1) is 0 Å². The zero-order chi connectivity index (χ0) is 24.0. The maximum Gasteiger partial charge on any atom is 0.0442 e. The Morgan fingerprint density at radius 3 is 0.472 bits per heavy atom. The number of unbranched alkanes of at least 4 members (excludes halogenated alkanes) is 1. The van der Waals surface area contributed by atoms with Crippen LogP contribution in [-0.4, -0.2) is 16.1 Å². The van der Waals surface area contributed by atoms with Gasteiger partial charge in [0.1, 0.15) is 0 Å². The molecule has 0 aromatic heterocycles. The Balaban J connectivity index is -0.000000114. The van der Waals surface area contributed by atoms with E-state index in [0.29, 0.717) is 0 Å². The van der Waals surface area contributed by atoms with Gasteiger partial charge in [0.15, 0.2) is 0 Å². The molecule has 0 atom stereocenters. The minimum Gasteiger partial charge on any atom is -0.0695 e. The first-order chi connectivity index (χ1) is 15.2. The summed E-state index contributed by atoms with van der Waals surface area (Å²) in [5.41, 5.74) is 0. The molecule has 4 aliphatic carbocycles. The first kappa shape index (κ1) is 48.2. The molecule has 0 aromatic rings. The molecular weight excluding hydrogens is 651 g/mol. The van der Waals surface area contributed by atoms with Gasteiger partial charge in [-0.05, 0) is 0 Å². The predicted molar refractivity (Wildman–Crippen MR) is 158 cm³/mol. The molecule has 0 aromatic carbocycles. The van der Waals surface area contributed by atoms with E-state index in [1.807, 2.05) is 0 Å². The van der Waals surface area contributed by atoms with E-state index in [4.69, 9.17) is 0 Å². The van der Waals surface area contributed by atoms with E-state index in [9.17, 15) is 0 Å². The summed E-state index contributed by atoms with van der Waals surface area (Å²) in [6.07, 6.45) is 33.0. The van der Waals surface area contributed by atoms with Gasteiger partial charge in [-0.3, -0.25) is 0 Å². The summed E-state index contributed by atoms with van der Waals surface area (Å²) in [7, 11) is -1.48. The molecule has 0 aliphatic heterocycles. The van der Waals surface area contributed by atoms with Crippen LogP contribution >= 0.6 is 0 Å². The molecule has 0 amide bonds. The van der Waals surface area contributed by atoms with Gasteiger partial charge in [-0.25, -0.2) is 0 Å². The zero-order valence-electron chi connectivity index (χ0n) is 25.2. The monoisotopic (exact) mass is 714 g/mol. The van der Waals surface area contributed by atoms with Crippen LogP contribution in [-0.2, 0) is 66.0 Å². The Hall–Kier alpha value is 2.41. The van der Waals surface area contributed by atoms with E-state index in [1.54, 1.807) is 0 Å². The van der Waals surface area contributed by atoms with E-state index in [2.05, 4.69) is 39.3 Å². The summed E-state index contributed by atoms with van der Waals surface area (Å²) in [5.74, 6) is 0. The number of rotatable bonds is 5. The SMILES string of the molecule is C1CCCC1.C1CCCC1.C1CCCC1.C1CCCC1.C[Si](C)(C)CCCC[Si](C)(C)C.[Ni].[Ni].[Ni].[Ni]. The second-order valence-electron chi connectivity index (χ2n) is 13.4. The van der Waals surface area contributed by atoms with Crippen LogP contribution in [0.3, 0.4) is 0 Å². The van der Waals surface area contributed by atoms with Crippen LogP contribution in [0.1, 0.15) is 141 Å². The normalized spacial score (nSPS) is 17.8. The Kier molecular flexibility index (Phi) is 45.0. The minimum atomic E-state index is -0.738. The summed E-state index contributed by atoms with van der Waals surface area (Å²) in [5, 5.41) is 0. The summed E-state index contributed by atoms with van der Waals surface area (Å²) in [6.45, 7) is 14.8. The van der Waals surface area contributed by atoms with E-state index >= 15 is 0 Å². The molecule has 0 bridgehead atoms. The fraction of sp³-hybridized carbons (Fsp3) is 1.00. The van der Waals surface area contributed by atoms with Crippen molar-refractivity contribution in [1.82, 2.24) is 0 Å². The van der Waals surface area contributed by atoms with Crippen molar-refractivity contribution >= 4 is 16.1 Å². The largest absolute Gasteiger partial charge is 0.0695 e. The van der Waals surface area contributed by atoms with Crippen molar-refractivity contribution in [3.8, 4) is 0 Å². The Labute approximate surface area is 272 Å². The van der Waals surface area contributed by atoms with Crippen LogP contribution in [0.15, 0.2) is 0 Å². The van der Waals surface area contributed by atoms with Gasteiger partial charge in [-0.2, -0.15) is 0 Å². The van der Waals surface area contributed by atoms with Crippen LogP contribution in [0.25, 0.3) is 0 Å². The Morgan fingerprint density at radius 1 is 0.278 bits per heavy atom. The fourth-order valence-electron chi connectivity index (χ4n) is 4.85. The molecule has 0 radical (unpaired) electrons. The molecule has 36 heavy (non-hydrogen) atoms. The average Bonchev–Trinajstić information content (AvgIpc) is 3.58. The summed E-state index contributed by atoms with van der Waals surface area (Å²) >= 11 is 0. The van der Waals surface area contributed by atoms with Crippen molar-refractivity contribution in [3.63, 3.8) is 0 Å². The quantitative estimate of drug-likeness (QED) is 0.196. The van der Waals surface area contributed by atoms with E-state index in [0.717, 1.165) is 0 Å². The number of hydrogen-bond acceptors (Lipinski definition) is 0. The average molecular weight is 718 g/mol. The standard InChI is InChI=1S/C10H26Si2.4C5H10.4Ni/c1-11(2,3)9-7-8-10-12(4,5)6;4*1-2-4-5-3-1;;;;/h7-10H2,1-6H3;4*1-5H2;;;;. The molecule has 0 unspecified atom stereocenters. The summed E-state index contributed by atoms with van der Waals surface area (Å²) in [6, 6.07) is 3.05. The van der Waals surface area contributed by atoms with Crippen LogP contribution in [0.4, 0.5) is 0 Å². The van der Waals surface area contributed by atoms with Gasteiger partial charge in [0, 0.05) is 82.1 Å². The molecular formula is C30H66Ni4Si2. The molecule has 4 rings (SSSR count). The molecule has 4 fully saturated rings. The Bertz CT molecular complexity index is 280. The van der Waals surface area contributed by atoms with Crippen molar-refractivity contribution in [1.29, 1.82) is 0 Å². The van der Waals surface area contributed by atoms with Crippen LogP contribution in [0.5, 0.6) is 0 Å². The molecule has 0 saturated heterocycles. The Morgan fingerprint density at radius 2 is 0.389 bits per heavy atom. The maximum absolute atomic E-state index is 2.47. The van der Waals surface area contributed by atoms with Crippen molar-refractivity contribution in [2.24, 2.45) is 0 Å². The molecule has 0 nitrogen and oxygen atoms in total. The van der Waals surface area contributed by atoms with Crippen molar-refractivity contribution in [2.75, 3.05) is 0 Å². The van der Waals surface area contributed by atoms with Crippen molar-refractivity contribution in [3.05, 3.63) is 0 Å². The first-order valence-electron chi connectivity index (χ1n) is 15.2. The van der Waals surface area contributed by atoms with Gasteiger partial charge in [-0.1, -0.05) is 193 Å². The van der Waals surface area contributed by atoms with Crippen LogP contribution in [0, 0.1) is 0 Å². The third-order valence-corrected chi connectivity index (χ3v) is 10.8. The molecule has 0 spiro atoms. The van der Waals surface area contributed by atoms with Gasteiger partial charge < -0.3 is 0 Å². The maximum atomic E-state index is 2.47. The van der Waals surface area contributed by atoms with Crippen molar-refractivity contribution in [2.45, 2.75) is 193 Å². The zero-order valence-corrected chi connectivity index (χ0v) is 31.2. The second-order valence-corrected chi connectivity index (χ2v) is 24.6. The van der Waals surface area contributed by atoms with E-state index < -0.39 is 16.1 Å². The third-order valence-electron chi connectivity index (χ3n) is 7.10. The van der Waals surface area contributed by atoms with Gasteiger partial charge in [0.05, 0.1) is 0 Å². The minimum absolute atomic E-state index is 0. The predicted octanol–water partition coefficient (Wildman–Crippen LogP) is 12.2. The first-order valence-corrected chi connectivity index (χ1v) is 22.6. The molecule has 6 heteroatoms. The summed E-state index contributed by atoms with van der Waals surface area (Å²) < 4.78 is 0. The molecule has 4 aliphatic rings. The topological polar surface area (TPSA) is 0 Å². The van der Waals surface area contributed by atoms with E-state index in [1.165, 1.54) is 153 Å². The van der Waals surface area contributed by atoms with Gasteiger partial charge >= 0.3 is 0 Å². The van der Waals surface area contributed by atoms with Crippen molar-refractivity contribution < 1.29 is 66.0 Å². The summed E-state index contributed by atoms with van der Waals surface area (Å²) in [4.78, 5) is 0. The number of hydrogen-bond donors (Lipinski definition) is 0. The van der Waals surface area contributed by atoms with Gasteiger partial charge in [0.2, 0.25) is 0 Å². The van der Waals surface area contributed by atoms with Crippen LogP contribution < -0.4 is 0 Å². The molecule has 4 saturated carbocycles. The molecule has 234 valence electrons.